The number of carbonyl (C=O) groups excluding carboxylic acids is 1. The largest absolute Gasteiger partial charge is 0.350 e. The van der Waals surface area contributed by atoms with Gasteiger partial charge in [0.2, 0.25) is 5.91 Å². The Morgan fingerprint density at radius 2 is 1.86 bits per heavy atom. The van der Waals surface area contributed by atoms with Crippen molar-refractivity contribution in [1.82, 2.24) is 4.90 Å². The molecule has 8 nitrogen and oxygen atoms in total. The second-order valence-electron chi connectivity index (χ2n) is 6.91. The number of amides is 1. The van der Waals surface area contributed by atoms with Crippen molar-refractivity contribution in [2.75, 3.05) is 11.6 Å². The first kappa shape index (κ1) is 19.8. The molecule has 1 saturated carbocycles. The van der Waals surface area contributed by atoms with E-state index in [1.165, 1.54) is 12.1 Å². The van der Waals surface area contributed by atoms with E-state index in [-0.39, 0.29) is 22.2 Å². The maximum Gasteiger partial charge on any atom is 0.293 e. The standard InChI is InChI=1S/C19H21N3O5S/c1-13(23)21(16-7-8-16)12-14-3-5-15(6-4-14)20-18-10-9-17(28(2,26)27)11-19(18)22(24)25/h3-6,9-11,16,20H,7-8,12H2,1-2H3. The van der Waals surface area contributed by atoms with Crippen molar-refractivity contribution >= 4 is 32.8 Å². The van der Waals surface area contributed by atoms with Crippen LogP contribution in [0.4, 0.5) is 17.1 Å². The number of hydrogen-bond donors (Lipinski definition) is 1. The number of hydrogen-bond acceptors (Lipinski definition) is 6. The number of nitrogens with one attached hydrogen (secondary N) is 1. The maximum atomic E-state index is 11.7. The lowest BCUT2D eigenvalue weighted by molar-refractivity contribution is -0.384. The molecule has 0 aromatic heterocycles. The Balaban J connectivity index is 1.78. The molecule has 2 aromatic carbocycles. The van der Waals surface area contributed by atoms with Gasteiger partial charge in [0.25, 0.3) is 5.69 Å². The molecule has 1 aliphatic rings. The first-order chi connectivity index (χ1) is 13.1. The van der Waals surface area contributed by atoms with Crippen LogP contribution in [0.3, 0.4) is 0 Å². The molecule has 28 heavy (non-hydrogen) atoms. The summed E-state index contributed by atoms with van der Waals surface area (Å²) < 4.78 is 23.3. The molecule has 0 heterocycles. The summed E-state index contributed by atoms with van der Waals surface area (Å²) in [7, 11) is -3.54. The highest BCUT2D eigenvalue weighted by molar-refractivity contribution is 7.90. The summed E-state index contributed by atoms with van der Waals surface area (Å²) in [6.45, 7) is 2.09. The second kappa shape index (κ2) is 7.59. The molecule has 1 amide bonds. The number of rotatable bonds is 7. The molecule has 9 heteroatoms. The number of nitro groups is 1. The Labute approximate surface area is 163 Å². The van der Waals surface area contributed by atoms with Crippen molar-refractivity contribution in [1.29, 1.82) is 0 Å². The van der Waals surface area contributed by atoms with Crippen molar-refractivity contribution in [3.8, 4) is 0 Å². The molecule has 0 atom stereocenters. The fourth-order valence-electron chi connectivity index (χ4n) is 2.93. The average molecular weight is 403 g/mol. The maximum absolute atomic E-state index is 11.7. The van der Waals surface area contributed by atoms with E-state index in [2.05, 4.69) is 5.32 Å². The molecule has 0 spiro atoms. The number of nitrogens with zero attached hydrogens (tertiary/aromatic N) is 2. The molecule has 148 valence electrons. The van der Waals surface area contributed by atoms with E-state index < -0.39 is 14.8 Å². The van der Waals surface area contributed by atoms with Crippen molar-refractivity contribution in [3.63, 3.8) is 0 Å². The van der Waals surface area contributed by atoms with Crippen LogP contribution in [0, 0.1) is 10.1 Å². The Kier molecular flexibility index (Phi) is 5.37. The topological polar surface area (TPSA) is 110 Å². The van der Waals surface area contributed by atoms with E-state index in [1.807, 2.05) is 17.0 Å². The van der Waals surface area contributed by atoms with Crippen LogP contribution in [0.2, 0.25) is 0 Å². The van der Waals surface area contributed by atoms with Gasteiger partial charge in [-0.3, -0.25) is 14.9 Å². The van der Waals surface area contributed by atoms with Gasteiger partial charge in [-0.15, -0.1) is 0 Å². The SMILES string of the molecule is CC(=O)N(Cc1ccc(Nc2ccc(S(C)(=O)=O)cc2[N+](=O)[O-])cc1)C1CC1. The molecule has 0 unspecified atom stereocenters. The summed E-state index contributed by atoms with van der Waals surface area (Å²) >= 11 is 0. The first-order valence-electron chi connectivity index (χ1n) is 8.77. The fourth-order valence-corrected chi connectivity index (χ4v) is 3.57. The van der Waals surface area contributed by atoms with E-state index in [0.717, 1.165) is 30.7 Å². The van der Waals surface area contributed by atoms with Gasteiger partial charge >= 0.3 is 0 Å². The molecular weight excluding hydrogens is 382 g/mol. The van der Waals surface area contributed by atoms with Crippen LogP contribution in [0.15, 0.2) is 47.4 Å². The zero-order chi connectivity index (χ0) is 20.5. The summed E-state index contributed by atoms with van der Waals surface area (Å²) in [5.41, 5.74) is 1.48. The lowest BCUT2D eigenvalue weighted by atomic mass is 10.1. The second-order valence-corrected chi connectivity index (χ2v) is 8.92. The summed E-state index contributed by atoms with van der Waals surface area (Å²) in [4.78, 5) is 24.2. The quantitative estimate of drug-likeness (QED) is 0.561. The number of benzene rings is 2. The highest BCUT2D eigenvalue weighted by atomic mass is 32.2. The first-order valence-corrected chi connectivity index (χ1v) is 10.7. The van der Waals surface area contributed by atoms with Crippen LogP contribution in [-0.4, -0.2) is 36.4 Å². The van der Waals surface area contributed by atoms with E-state index in [0.29, 0.717) is 18.3 Å². The monoisotopic (exact) mass is 403 g/mol. The summed E-state index contributed by atoms with van der Waals surface area (Å²) in [6, 6.07) is 11.4. The van der Waals surface area contributed by atoms with Gasteiger partial charge in [0.1, 0.15) is 5.69 Å². The predicted octanol–water partition coefficient (Wildman–Crippen LogP) is 3.25. The van der Waals surface area contributed by atoms with E-state index >= 15 is 0 Å². The van der Waals surface area contributed by atoms with Crippen LogP contribution in [0.1, 0.15) is 25.3 Å². The molecule has 2 aromatic rings. The highest BCUT2D eigenvalue weighted by Crippen LogP contribution is 2.31. The minimum absolute atomic E-state index is 0.0475. The Morgan fingerprint density at radius 1 is 1.21 bits per heavy atom. The van der Waals surface area contributed by atoms with Crippen LogP contribution in [0.5, 0.6) is 0 Å². The number of nitro benzene ring substituents is 1. The third-order valence-corrected chi connectivity index (χ3v) is 5.68. The normalized spacial score (nSPS) is 13.8. The molecule has 0 aliphatic heterocycles. The lowest BCUT2D eigenvalue weighted by Gasteiger charge is -2.20. The molecule has 0 bridgehead atoms. The number of anilines is 2. The van der Waals surface area contributed by atoms with Gasteiger partial charge in [0, 0.05) is 37.5 Å². The van der Waals surface area contributed by atoms with Crippen LogP contribution in [-0.2, 0) is 21.2 Å². The summed E-state index contributed by atoms with van der Waals surface area (Å²) in [5, 5.41) is 14.3. The van der Waals surface area contributed by atoms with E-state index in [4.69, 9.17) is 0 Å². The van der Waals surface area contributed by atoms with Crippen molar-refractivity contribution in [3.05, 3.63) is 58.1 Å². The third kappa shape index (κ3) is 4.66. The predicted molar refractivity (Wildman–Crippen MR) is 105 cm³/mol. The Bertz CT molecular complexity index is 1010. The van der Waals surface area contributed by atoms with E-state index in [1.54, 1.807) is 19.1 Å². The molecular formula is C19H21N3O5S. The van der Waals surface area contributed by atoms with Gasteiger partial charge in [0.05, 0.1) is 9.82 Å². The van der Waals surface area contributed by atoms with Crippen LogP contribution < -0.4 is 5.32 Å². The van der Waals surface area contributed by atoms with Crippen molar-refractivity contribution in [2.24, 2.45) is 0 Å². The van der Waals surface area contributed by atoms with Gasteiger partial charge in [-0.05, 0) is 42.7 Å². The van der Waals surface area contributed by atoms with Crippen molar-refractivity contribution < 1.29 is 18.1 Å². The molecule has 1 fully saturated rings. The number of carbonyl (C=O) groups is 1. The van der Waals surface area contributed by atoms with Crippen LogP contribution >= 0.6 is 0 Å². The Morgan fingerprint density at radius 3 is 2.36 bits per heavy atom. The zero-order valence-corrected chi connectivity index (χ0v) is 16.4. The van der Waals surface area contributed by atoms with Gasteiger partial charge in [-0.25, -0.2) is 8.42 Å². The Hall–Kier alpha value is -2.94. The average Bonchev–Trinajstić information content (AvgIpc) is 3.45. The van der Waals surface area contributed by atoms with Crippen LogP contribution in [0.25, 0.3) is 0 Å². The molecule has 0 radical (unpaired) electrons. The van der Waals surface area contributed by atoms with Crippen molar-refractivity contribution in [2.45, 2.75) is 37.2 Å². The molecule has 1 N–H and O–H groups in total. The van der Waals surface area contributed by atoms with Gasteiger partial charge in [-0.2, -0.15) is 0 Å². The van der Waals surface area contributed by atoms with E-state index in [9.17, 15) is 23.3 Å². The molecule has 1 aliphatic carbocycles. The lowest BCUT2D eigenvalue weighted by Crippen LogP contribution is -2.30. The minimum Gasteiger partial charge on any atom is -0.350 e. The van der Waals surface area contributed by atoms with Gasteiger partial charge in [0.15, 0.2) is 9.84 Å². The third-order valence-electron chi connectivity index (χ3n) is 4.57. The minimum atomic E-state index is -3.54. The van der Waals surface area contributed by atoms with Gasteiger partial charge < -0.3 is 10.2 Å². The molecule has 0 saturated heterocycles. The smallest absolute Gasteiger partial charge is 0.293 e. The number of sulfone groups is 1. The fraction of sp³-hybridized carbons (Fsp3) is 0.316. The summed E-state index contributed by atoms with van der Waals surface area (Å²) in [5.74, 6) is 0.0475. The summed E-state index contributed by atoms with van der Waals surface area (Å²) in [6.07, 6.45) is 3.07. The highest BCUT2D eigenvalue weighted by Gasteiger charge is 2.30. The zero-order valence-electron chi connectivity index (χ0n) is 15.6. The van der Waals surface area contributed by atoms with Gasteiger partial charge in [-0.1, -0.05) is 12.1 Å². The molecule has 3 rings (SSSR count).